The third-order valence-corrected chi connectivity index (χ3v) is 3.98. The molecule has 0 amide bonds. The lowest BCUT2D eigenvalue weighted by Gasteiger charge is -2.10. The summed E-state index contributed by atoms with van der Waals surface area (Å²) in [6.07, 6.45) is 0. The lowest BCUT2D eigenvalue weighted by molar-refractivity contribution is -0.115. The van der Waals surface area contributed by atoms with E-state index in [0.717, 1.165) is 0 Å². The maximum atomic E-state index is 11.3. The van der Waals surface area contributed by atoms with E-state index in [9.17, 15) is 18.0 Å². The predicted octanol–water partition coefficient (Wildman–Crippen LogP) is -2.03. The second-order valence-electron chi connectivity index (χ2n) is 2.72. The number of sulfone groups is 1. The molecular weight excluding hydrogens is 260 g/mol. The summed E-state index contributed by atoms with van der Waals surface area (Å²) in [5, 5.41) is -2.72. The van der Waals surface area contributed by atoms with Gasteiger partial charge in [-0.2, -0.15) is 25.3 Å². The Hall–Kier alpha value is -0.0900. The molecule has 0 spiro atoms. The van der Waals surface area contributed by atoms with Gasteiger partial charge in [-0.1, -0.05) is 0 Å². The molecule has 0 aromatic carbocycles. The van der Waals surface area contributed by atoms with Crippen LogP contribution in [0.4, 0.5) is 0 Å². The van der Waals surface area contributed by atoms with Crippen molar-refractivity contribution in [3.8, 4) is 0 Å². The summed E-state index contributed by atoms with van der Waals surface area (Å²) >= 11 is 7.32. The van der Waals surface area contributed by atoms with Gasteiger partial charge in [0.1, 0.15) is 0 Å². The molecule has 0 aliphatic rings. The van der Waals surface area contributed by atoms with Gasteiger partial charge in [-0.15, -0.1) is 0 Å². The highest BCUT2D eigenvalue weighted by Gasteiger charge is 2.37. The zero-order valence-corrected chi connectivity index (χ0v) is 10.3. The zero-order chi connectivity index (χ0) is 12.2. The van der Waals surface area contributed by atoms with E-state index in [0.29, 0.717) is 0 Å². The molecular formula is C6H12N2O4S3. The number of rotatable bonds is 4. The van der Waals surface area contributed by atoms with Crippen molar-refractivity contribution >= 4 is 45.3 Å². The molecule has 0 aliphatic carbocycles. The Morgan fingerprint density at radius 3 is 1.47 bits per heavy atom. The molecule has 0 fully saturated rings. The van der Waals surface area contributed by atoms with Gasteiger partial charge in [-0.25, -0.2) is 8.42 Å². The molecule has 4 N–H and O–H groups in total. The largest absolute Gasteiger partial charge is 0.320 e. The average molecular weight is 272 g/mol. The summed E-state index contributed by atoms with van der Waals surface area (Å²) in [6, 6.07) is -2.65. The Balaban J connectivity index is 5.00. The molecule has 0 aromatic heterocycles. The van der Waals surface area contributed by atoms with Gasteiger partial charge >= 0.3 is 0 Å². The maximum absolute atomic E-state index is 11.3. The van der Waals surface area contributed by atoms with E-state index in [1.54, 1.807) is 0 Å². The first-order chi connectivity index (χ1) is 6.78. The summed E-state index contributed by atoms with van der Waals surface area (Å²) in [7, 11) is -4.59. The molecule has 88 valence electrons. The smallest absolute Gasteiger partial charge is 0.276 e. The van der Waals surface area contributed by atoms with Crippen molar-refractivity contribution in [1.29, 1.82) is 0 Å². The van der Waals surface area contributed by atoms with Gasteiger partial charge in [0.25, 0.3) is 20.1 Å². The number of hydrogen-bond acceptors (Lipinski definition) is 8. The standard InChI is InChI=1S/C6H12N2O4S3/c7-3(1-13)5(9)15(11,12)6(10)4(8)2-14/h3-4,13-14H,1-2,7-8H2/t3-,4-/m0/s1. The monoisotopic (exact) mass is 272 g/mol. The normalized spacial score (nSPS) is 15.7. The molecule has 6 nitrogen and oxygen atoms in total. The van der Waals surface area contributed by atoms with Crippen molar-refractivity contribution in [2.45, 2.75) is 12.1 Å². The van der Waals surface area contributed by atoms with E-state index in [1.807, 2.05) is 0 Å². The highest BCUT2D eigenvalue weighted by atomic mass is 32.2. The first kappa shape index (κ1) is 14.9. The fraction of sp³-hybridized carbons (Fsp3) is 0.667. The van der Waals surface area contributed by atoms with Gasteiger partial charge in [0.2, 0.25) is 0 Å². The van der Waals surface area contributed by atoms with Crippen molar-refractivity contribution in [3.05, 3.63) is 0 Å². The SMILES string of the molecule is N[C@@H](CS)C(=O)S(=O)(=O)C(=O)[C@@H](N)CS. The second kappa shape index (κ2) is 5.85. The molecule has 0 saturated heterocycles. The van der Waals surface area contributed by atoms with Gasteiger partial charge in [0.05, 0.1) is 12.1 Å². The molecule has 0 radical (unpaired) electrons. The minimum Gasteiger partial charge on any atom is -0.320 e. The first-order valence-electron chi connectivity index (χ1n) is 3.84. The van der Waals surface area contributed by atoms with Gasteiger partial charge in [-0.05, 0) is 0 Å². The van der Waals surface area contributed by atoms with Crippen LogP contribution in [0.1, 0.15) is 0 Å². The van der Waals surface area contributed by atoms with Crippen molar-refractivity contribution in [1.82, 2.24) is 0 Å². The summed E-state index contributed by atoms with van der Waals surface area (Å²) in [5.41, 5.74) is 10.3. The van der Waals surface area contributed by atoms with Crippen LogP contribution in [0.3, 0.4) is 0 Å². The van der Waals surface area contributed by atoms with Gasteiger partial charge in [0.15, 0.2) is 0 Å². The minimum atomic E-state index is -4.59. The highest BCUT2D eigenvalue weighted by Crippen LogP contribution is 2.03. The third kappa shape index (κ3) is 3.45. The lowest BCUT2D eigenvalue weighted by atomic mass is 10.4. The Morgan fingerprint density at radius 2 is 1.27 bits per heavy atom. The van der Waals surface area contributed by atoms with Gasteiger partial charge in [0, 0.05) is 11.5 Å². The second-order valence-corrected chi connectivity index (χ2v) is 5.26. The zero-order valence-electron chi connectivity index (χ0n) is 7.66. The summed E-state index contributed by atoms with van der Waals surface area (Å²) in [4.78, 5) is 22.4. The Labute approximate surface area is 98.5 Å². The van der Waals surface area contributed by atoms with Crippen LogP contribution in [0.15, 0.2) is 0 Å². The van der Waals surface area contributed by atoms with Crippen LogP contribution in [0.25, 0.3) is 0 Å². The quantitative estimate of drug-likeness (QED) is 0.438. The van der Waals surface area contributed by atoms with E-state index in [2.05, 4.69) is 25.3 Å². The predicted molar refractivity (Wildman–Crippen MR) is 62.6 cm³/mol. The van der Waals surface area contributed by atoms with Crippen LogP contribution in [0.5, 0.6) is 0 Å². The van der Waals surface area contributed by atoms with E-state index in [1.165, 1.54) is 0 Å². The minimum absolute atomic E-state index is 0.165. The lowest BCUT2D eigenvalue weighted by Crippen LogP contribution is -2.46. The molecule has 2 atom stereocenters. The van der Waals surface area contributed by atoms with E-state index >= 15 is 0 Å². The molecule has 9 heteroatoms. The average Bonchev–Trinajstić information content (AvgIpc) is 2.24. The van der Waals surface area contributed by atoms with Crippen molar-refractivity contribution in [2.24, 2.45) is 11.5 Å². The molecule has 0 saturated carbocycles. The fourth-order valence-electron chi connectivity index (χ4n) is 0.647. The van der Waals surface area contributed by atoms with Crippen LogP contribution in [0, 0.1) is 0 Å². The van der Waals surface area contributed by atoms with Crippen molar-refractivity contribution in [3.63, 3.8) is 0 Å². The summed E-state index contributed by atoms with van der Waals surface area (Å²) in [6.45, 7) is 0. The Kier molecular flexibility index (Phi) is 5.81. The number of hydrogen-bond donors (Lipinski definition) is 4. The van der Waals surface area contributed by atoms with Crippen molar-refractivity contribution < 1.29 is 18.0 Å². The summed E-state index contributed by atoms with van der Waals surface area (Å²) in [5.74, 6) is -0.330. The fourth-order valence-corrected chi connectivity index (χ4v) is 2.39. The van der Waals surface area contributed by atoms with E-state index in [4.69, 9.17) is 11.5 Å². The molecule has 0 rings (SSSR count). The molecule has 0 unspecified atom stereocenters. The van der Waals surface area contributed by atoms with Gasteiger partial charge in [-0.3, -0.25) is 9.59 Å². The van der Waals surface area contributed by atoms with Crippen molar-refractivity contribution in [2.75, 3.05) is 11.5 Å². The number of thiol groups is 2. The number of nitrogens with two attached hydrogens (primary N) is 2. The maximum Gasteiger partial charge on any atom is 0.276 e. The first-order valence-corrected chi connectivity index (χ1v) is 6.59. The summed E-state index contributed by atoms with van der Waals surface area (Å²) < 4.78 is 22.6. The van der Waals surface area contributed by atoms with E-state index in [-0.39, 0.29) is 11.5 Å². The molecule has 0 heterocycles. The van der Waals surface area contributed by atoms with Gasteiger partial charge < -0.3 is 11.5 Å². The highest BCUT2D eigenvalue weighted by molar-refractivity contribution is 8.19. The van der Waals surface area contributed by atoms with E-state index < -0.39 is 32.2 Å². The van der Waals surface area contributed by atoms with Crippen LogP contribution < -0.4 is 11.5 Å². The third-order valence-electron chi connectivity index (χ3n) is 1.53. The number of carbonyl (C=O) groups excluding carboxylic acids is 2. The Bertz CT molecular complexity index is 325. The van der Waals surface area contributed by atoms with Crippen LogP contribution in [-0.4, -0.2) is 42.2 Å². The molecule has 15 heavy (non-hydrogen) atoms. The molecule has 0 aromatic rings. The van der Waals surface area contributed by atoms with Crippen LogP contribution in [0.2, 0.25) is 0 Å². The molecule has 0 aliphatic heterocycles. The van der Waals surface area contributed by atoms with Crippen LogP contribution in [-0.2, 0) is 19.4 Å². The Morgan fingerprint density at radius 1 is 1.00 bits per heavy atom. The topological polar surface area (TPSA) is 120 Å². The van der Waals surface area contributed by atoms with Crippen LogP contribution >= 0.6 is 25.3 Å². The number of carbonyl (C=O) groups is 2. The molecule has 0 bridgehead atoms.